The first kappa shape index (κ1) is 24.8. The van der Waals surface area contributed by atoms with Crippen LogP contribution in [-0.4, -0.2) is 35.4 Å². The Bertz CT molecular complexity index is 1620. The molecule has 1 aliphatic heterocycles. The van der Waals surface area contributed by atoms with Gasteiger partial charge in [-0.05, 0) is 44.4 Å². The molecule has 0 bridgehead atoms. The van der Waals surface area contributed by atoms with Crippen LogP contribution in [0.15, 0.2) is 63.8 Å². The topological polar surface area (TPSA) is 112 Å². The second kappa shape index (κ2) is 9.21. The second-order valence-corrected chi connectivity index (χ2v) is 9.62. The van der Waals surface area contributed by atoms with E-state index in [1.54, 1.807) is 57.2 Å². The normalized spacial score (nSPS) is 18.2. The van der Waals surface area contributed by atoms with E-state index in [2.05, 4.69) is 0 Å². The van der Waals surface area contributed by atoms with Crippen molar-refractivity contribution in [2.75, 3.05) is 6.61 Å². The predicted octanol–water partition coefficient (Wildman–Crippen LogP) is 5.21. The first-order valence-electron chi connectivity index (χ1n) is 11.7. The van der Waals surface area contributed by atoms with Crippen LogP contribution in [0.25, 0.3) is 21.7 Å². The van der Waals surface area contributed by atoms with Crippen molar-refractivity contribution in [2.45, 2.75) is 38.6 Å². The van der Waals surface area contributed by atoms with Gasteiger partial charge < -0.3 is 23.7 Å². The first-order chi connectivity index (χ1) is 17.6. The highest BCUT2D eigenvalue weighted by molar-refractivity contribution is 6.30. The number of aliphatic hydroxyl groups is 1. The van der Waals surface area contributed by atoms with Crippen molar-refractivity contribution in [3.63, 3.8) is 0 Å². The fourth-order valence-electron chi connectivity index (χ4n) is 4.60. The van der Waals surface area contributed by atoms with Gasteiger partial charge in [0.15, 0.2) is 11.7 Å². The Morgan fingerprint density at radius 1 is 1.05 bits per heavy atom. The number of carbonyl (C=O) groups is 2. The van der Waals surface area contributed by atoms with E-state index in [9.17, 15) is 19.5 Å². The molecule has 4 aromatic rings. The molecule has 190 valence electrons. The maximum atomic E-state index is 13.2. The molecule has 0 saturated heterocycles. The fraction of sp³-hybridized carbons (Fsp3) is 0.250. The monoisotopic (exact) mass is 522 g/mol. The van der Waals surface area contributed by atoms with Crippen LogP contribution in [0.4, 0.5) is 0 Å². The Hall–Kier alpha value is -3.88. The highest BCUT2D eigenvalue weighted by Gasteiger charge is 2.48. The number of carbonyl (C=O) groups excluding carboxylic acids is 2. The number of benzene rings is 3. The quantitative estimate of drug-likeness (QED) is 0.221. The van der Waals surface area contributed by atoms with Gasteiger partial charge in [-0.1, -0.05) is 41.9 Å². The second-order valence-electron chi connectivity index (χ2n) is 9.18. The molecule has 5 rings (SSSR count). The Balaban J connectivity index is 1.83. The number of esters is 2. The summed E-state index contributed by atoms with van der Waals surface area (Å²) in [5.74, 6) is -1.19. The molecule has 0 aliphatic carbocycles. The molecule has 8 nitrogen and oxygen atoms in total. The summed E-state index contributed by atoms with van der Waals surface area (Å²) in [5, 5.41) is 13.1. The van der Waals surface area contributed by atoms with Gasteiger partial charge in [0.25, 0.3) is 0 Å². The zero-order valence-corrected chi connectivity index (χ0v) is 21.0. The summed E-state index contributed by atoms with van der Waals surface area (Å²) in [6, 6.07) is 14.3. The molecule has 0 saturated carbocycles. The highest BCUT2D eigenvalue weighted by atomic mass is 35.5. The van der Waals surface area contributed by atoms with Gasteiger partial charge in [0, 0.05) is 21.9 Å². The van der Waals surface area contributed by atoms with E-state index in [-0.39, 0.29) is 40.0 Å². The van der Waals surface area contributed by atoms with E-state index in [1.165, 1.54) is 12.1 Å². The molecular weight excluding hydrogens is 500 g/mol. The summed E-state index contributed by atoms with van der Waals surface area (Å²) in [7, 11) is 0. The molecule has 2 atom stereocenters. The lowest BCUT2D eigenvalue weighted by atomic mass is 9.85. The van der Waals surface area contributed by atoms with E-state index in [1.807, 2.05) is 0 Å². The summed E-state index contributed by atoms with van der Waals surface area (Å²) in [5.41, 5.74) is -1.74. The molecule has 0 spiro atoms. The molecule has 1 aromatic heterocycles. The molecular formula is C28H23ClO8. The average molecular weight is 523 g/mol. The third-order valence-corrected chi connectivity index (χ3v) is 6.56. The highest BCUT2D eigenvalue weighted by Crippen LogP contribution is 2.50. The summed E-state index contributed by atoms with van der Waals surface area (Å²) in [6.45, 7) is 5.07. The van der Waals surface area contributed by atoms with Crippen LogP contribution >= 0.6 is 11.6 Å². The van der Waals surface area contributed by atoms with Crippen LogP contribution in [0.3, 0.4) is 0 Å². The SMILES string of the molecule is CCOC(=O)c1cc(=O)oc2c3c(c4ccccc4c12)OC(C)(C)[C@@H](O)[C@H]3OC(=O)c1cccc(Cl)c1. The fourth-order valence-corrected chi connectivity index (χ4v) is 4.79. The largest absolute Gasteiger partial charge is 0.484 e. The lowest BCUT2D eigenvalue weighted by Crippen LogP contribution is -2.50. The third kappa shape index (κ3) is 4.22. The van der Waals surface area contributed by atoms with Crippen LogP contribution in [0.2, 0.25) is 5.02 Å². The van der Waals surface area contributed by atoms with Gasteiger partial charge in [0.2, 0.25) is 0 Å². The Kier molecular flexibility index (Phi) is 6.17. The first-order valence-corrected chi connectivity index (χ1v) is 12.0. The van der Waals surface area contributed by atoms with Gasteiger partial charge in [-0.25, -0.2) is 14.4 Å². The number of aliphatic hydroxyl groups excluding tert-OH is 1. The molecule has 0 fully saturated rings. The van der Waals surface area contributed by atoms with Crippen molar-refractivity contribution in [1.29, 1.82) is 0 Å². The minimum absolute atomic E-state index is 0.00802. The van der Waals surface area contributed by atoms with Gasteiger partial charge in [-0.3, -0.25) is 0 Å². The number of fused-ring (bicyclic) bond motifs is 6. The van der Waals surface area contributed by atoms with Crippen LogP contribution in [-0.2, 0) is 9.47 Å². The standard InChI is InChI=1S/C28H23ClO8/c1-4-34-27(33)18-13-19(30)35-23-20(18)16-10-5-6-11-17(16)22-21(23)24(25(31)28(2,3)37-22)36-26(32)14-8-7-9-15(29)12-14/h5-13,24-25,31H,4H2,1-3H3/t24-,25-/m0/s1. The van der Waals surface area contributed by atoms with Crippen LogP contribution < -0.4 is 10.4 Å². The van der Waals surface area contributed by atoms with Gasteiger partial charge >= 0.3 is 17.6 Å². The molecule has 1 aliphatic rings. The number of hydrogen-bond acceptors (Lipinski definition) is 8. The summed E-state index contributed by atoms with van der Waals surface area (Å²) >= 11 is 6.05. The molecule has 2 heterocycles. The lowest BCUT2D eigenvalue weighted by molar-refractivity contribution is -0.115. The molecule has 9 heteroatoms. The van der Waals surface area contributed by atoms with Crippen LogP contribution in [0, 0.1) is 0 Å². The van der Waals surface area contributed by atoms with Gasteiger partial charge in [0.05, 0.1) is 23.3 Å². The van der Waals surface area contributed by atoms with E-state index in [4.69, 9.17) is 30.2 Å². The van der Waals surface area contributed by atoms with Gasteiger partial charge in [0.1, 0.15) is 17.5 Å². The molecule has 0 amide bonds. The number of ether oxygens (including phenoxy) is 3. The minimum atomic E-state index is -1.36. The molecule has 1 N–H and O–H groups in total. The van der Waals surface area contributed by atoms with E-state index >= 15 is 0 Å². The molecule has 0 radical (unpaired) electrons. The summed E-state index contributed by atoms with van der Waals surface area (Å²) in [4.78, 5) is 38.7. The number of hydrogen-bond donors (Lipinski definition) is 1. The smallest absolute Gasteiger partial charge is 0.339 e. The van der Waals surface area contributed by atoms with Crippen molar-refractivity contribution in [3.05, 3.63) is 86.7 Å². The molecule has 0 unspecified atom stereocenters. The van der Waals surface area contributed by atoms with Crippen molar-refractivity contribution in [2.24, 2.45) is 0 Å². The maximum Gasteiger partial charge on any atom is 0.339 e. The Morgan fingerprint density at radius 2 is 1.78 bits per heavy atom. The molecule has 37 heavy (non-hydrogen) atoms. The van der Waals surface area contributed by atoms with Crippen molar-refractivity contribution >= 4 is 45.3 Å². The van der Waals surface area contributed by atoms with Crippen LogP contribution in [0.5, 0.6) is 5.75 Å². The third-order valence-electron chi connectivity index (χ3n) is 6.33. The predicted molar refractivity (Wildman–Crippen MR) is 136 cm³/mol. The maximum absolute atomic E-state index is 13.2. The zero-order chi connectivity index (χ0) is 26.5. The van der Waals surface area contributed by atoms with Gasteiger partial charge in [-0.2, -0.15) is 0 Å². The Morgan fingerprint density at radius 3 is 2.49 bits per heavy atom. The van der Waals surface area contributed by atoms with E-state index < -0.39 is 35.4 Å². The zero-order valence-electron chi connectivity index (χ0n) is 20.2. The van der Waals surface area contributed by atoms with E-state index in [0.29, 0.717) is 15.8 Å². The number of halogens is 1. The van der Waals surface area contributed by atoms with E-state index in [0.717, 1.165) is 6.07 Å². The van der Waals surface area contributed by atoms with Crippen molar-refractivity contribution in [3.8, 4) is 5.75 Å². The van der Waals surface area contributed by atoms with Crippen molar-refractivity contribution < 1.29 is 33.3 Å². The Labute approximate surface area is 216 Å². The lowest BCUT2D eigenvalue weighted by Gasteiger charge is -2.42. The molecule has 3 aromatic carbocycles. The minimum Gasteiger partial charge on any atom is -0.484 e. The van der Waals surface area contributed by atoms with Crippen molar-refractivity contribution in [1.82, 2.24) is 0 Å². The summed E-state index contributed by atoms with van der Waals surface area (Å²) in [6.07, 6.45) is -2.66. The van der Waals surface area contributed by atoms with Crippen LogP contribution in [0.1, 0.15) is 53.2 Å². The average Bonchev–Trinajstić information content (AvgIpc) is 2.86. The van der Waals surface area contributed by atoms with Gasteiger partial charge in [-0.15, -0.1) is 0 Å². The number of rotatable bonds is 4. The summed E-state index contributed by atoms with van der Waals surface area (Å²) < 4.78 is 22.9.